The van der Waals surface area contributed by atoms with E-state index in [1.165, 1.54) is 82.3 Å². The molecular weight excluding hydrogens is 773 g/mol. The fourth-order valence-electron chi connectivity index (χ4n) is 9.90. The van der Waals surface area contributed by atoms with Gasteiger partial charge in [0.15, 0.2) is 0 Å². The molecule has 0 saturated carbocycles. The number of rotatable bonds is 8. The van der Waals surface area contributed by atoms with E-state index >= 15 is 0 Å². The Labute approximate surface area is 373 Å². The summed E-state index contributed by atoms with van der Waals surface area (Å²) in [7, 11) is 0. The van der Waals surface area contributed by atoms with Gasteiger partial charge in [-0.05, 0) is 121 Å². The number of hydrogen-bond donors (Lipinski definition) is 0. The van der Waals surface area contributed by atoms with Crippen LogP contribution >= 0.6 is 0 Å². The van der Waals surface area contributed by atoms with Crippen molar-refractivity contribution in [1.82, 2.24) is 4.57 Å². The summed E-state index contributed by atoms with van der Waals surface area (Å²) in [5, 5.41) is 7.52. The lowest BCUT2D eigenvalue weighted by molar-refractivity contribution is 1.17. The van der Waals surface area contributed by atoms with E-state index < -0.39 is 0 Å². The highest BCUT2D eigenvalue weighted by molar-refractivity contribution is 6.22. The molecule has 2 heteroatoms. The molecule has 12 rings (SSSR count). The maximum atomic E-state index is 2.40. The van der Waals surface area contributed by atoms with Crippen LogP contribution in [-0.4, -0.2) is 4.57 Å². The Bertz CT molecular complexity index is 3570. The van der Waals surface area contributed by atoms with E-state index in [0.717, 1.165) is 28.3 Å². The molecule has 0 saturated heterocycles. The number of para-hydroxylation sites is 3. The summed E-state index contributed by atoms with van der Waals surface area (Å²) in [5.74, 6) is 0. The number of anilines is 3. The summed E-state index contributed by atoms with van der Waals surface area (Å²) in [5.41, 5.74) is 16.5. The van der Waals surface area contributed by atoms with Gasteiger partial charge in [0.05, 0.1) is 16.7 Å². The van der Waals surface area contributed by atoms with Gasteiger partial charge in [0.25, 0.3) is 0 Å². The van der Waals surface area contributed by atoms with Crippen molar-refractivity contribution in [1.29, 1.82) is 0 Å². The Hall–Kier alpha value is -8.46. The summed E-state index contributed by atoms with van der Waals surface area (Å²) in [6.45, 7) is 0. The van der Waals surface area contributed by atoms with Crippen LogP contribution in [0.4, 0.5) is 17.1 Å². The van der Waals surface area contributed by atoms with Gasteiger partial charge in [0, 0.05) is 33.4 Å². The molecule has 0 bridgehead atoms. The van der Waals surface area contributed by atoms with E-state index in [4.69, 9.17) is 0 Å². The Morgan fingerprint density at radius 2 is 0.688 bits per heavy atom. The third kappa shape index (κ3) is 6.35. The van der Waals surface area contributed by atoms with Gasteiger partial charge in [-0.3, -0.25) is 0 Å². The molecule has 2 nitrogen and oxygen atoms in total. The lowest BCUT2D eigenvalue weighted by Crippen LogP contribution is -2.11. The summed E-state index contributed by atoms with van der Waals surface area (Å²) in [4.78, 5) is 2.40. The van der Waals surface area contributed by atoms with E-state index in [0.29, 0.717) is 0 Å². The summed E-state index contributed by atoms with van der Waals surface area (Å²) in [6.07, 6.45) is 0. The SMILES string of the molecule is c1ccc(-c2ccccc2N(c2ccc(-c3ccc4c(-c5ccccc5)c5ccccc5c(-c5ccccc5)c4c3)cc2)c2ccc(-n3c4ccccc4c4ccccc43)cc2)cc1. The molecule has 64 heavy (non-hydrogen) atoms. The van der Waals surface area contributed by atoms with Crippen molar-refractivity contribution < 1.29 is 0 Å². The number of aromatic nitrogens is 1. The second-order valence-electron chi connectivity index (χ2n) is 16.4. The lowest BCUT2D eigenvalue weighted by atomic mass is 9.85. The Kier molecular flexibility index (Phi) is 9.20. The van der Waals surface area contributed by atoms with Gasteiger partial charge in [-0.15, -0.1) is 0 Å². The minimum absolute atomic E-state index is 1.08. The van der Waals surface area contributed by atoms with Gasteiger partial charge < -0.3 is 9.47 Å². The summed E-state index contributed by atoms with van der Waals surface area (Å²) >= 11 is 0. The highest BCUT2D eigenvalue weighted by Gasteiger charge is 2.20. The molecule has 11 aromatic carbocycles. The number of hydrogen-bond acceptors (Lipinski definition) is 1. The summed E-state index contributed by atoms with van der Waals surface area (Å²) in [6, 6.07) is 92.6. The van der Waals surface area contributed by atoms with Crippen molar-refractivity contribution >= 4 is 60.4 Å². The van der Waals surface area contributed by atoms with Crippen molar-refractivity contribution in [2.75, 3.05) is 4.90 Å². The third-order valence-electron chi connectivity index (χ3n) is 12.8. The molecule has 1 aromatic heterocycles. The smallest absolute Gasteiger partial charge is 0.0541 e. The Morgan fingerprint density at radius 1 is 0.266 bits per heavy atom. The topological polar surface area (TPSA) is 8.17 Å². The molecule has 0 N–H and O–H groups in total. The van der Waals surface area contributed by atoms with Gasteiger partial charge in [-0.2, -0.15) is 0 Å². The zero-order chi connectivity index (χ0) is 42.4. The molecule has 0 unspecified atom stereocenters. The van der Waals surface area contributed by atoms with Crippen LogP contribution in [0.2, 0.25) is 0 Å². The van der Waals surface area contributed by atoms with Gasteiger partial charge >= 0.3 is 0 Å². The lowest BCUT2D eigenvalue weighted by Gasteiger charge is -2.28. The molecule has 0 fully saturated rings. The zero-order valence-electron chi connectivity index (χ0n) is 35.1. The molecular formula is C62H42N2. The van der Waals surface area contributed by atoms with Crippen molar-refractivity contribution in [3.05, 3.63) is 255 Å². The molecule has 0 aliphatic heterocycles. The fourth-order valence-corrected chi connectivity index (χ4v) is 9.90. The fraction of sp³-hybridized carbons (Fsp3) is 0. The van der Waals surface area contributed by atoms with E-state index in [9.17, 15) is 0 Å². The van der Waals surface area contributed by atoms with Crippen LogP contribution in [0.25, 0.3) is 93.5 Å². The molecule has 0 amide bonds. The second kappa shape index (κ2) is 15.8. The van der Waals surface area contributed by atoms with E-state index in [-0.39, 0.29) is 0 Å². The number of nitrogens with zero attached hydrogens (tertiary/aromatic N) is 2. The molecule has 12 aromatic rings. The van der Waals surface area contributed by atoms with Crippen LogP contribution in [0.15, 0.2) is 255 Å². The summed E-state index contributed by atoms with van der Waals surface area (Å²) < 4.78 is 2.38. The van der Waals surface area contributed by atoms with Crippen molar-refractivity contribution in [3.8, 4) is 50.2 Å². The van der Waals surface area contributed by atoms with Crippen LogP contribution in [0, 0.1) is 0 Å². The third-order valence-corrected chi connectivity index (χ3v) is 12.8. The van der Waals surface area contributed by atoms with Crippen molar-refractivity contribution in [2.45, 2.75) is 0 Å². The van der Waals surface area contributed by atoms with Gasteiger partial charge in [-0.25, -0.2) is 0 Å². The maximum absolute atomic E-state index is 2.40. The van der Waals surface area contributed by atoms with Crippen LogP contribution in [0.1, 0.15) is 0 Å². The van der Waals surface area contributed by atoms with Gasteiger partial charge in [0.1, 0.15) is 0 Å². The van der Waals surface area contributed by atoms with E-state index in [1.54, 1.807) is 0 Å². The second-order valence-corrected chi connectivity index (χ2v) is 16.4. The van der Waals surface area contributed by atoms with Crippen LogP contribution in [0.5, 0.6) is 0 Å². The predicted molar refractivity (Wildman–Crippen MR) is 272 cm³/mol. The highest BCUT2D eigenvalue weighted by Crippen LogP contribution is 2.46. The van der Waals surface area contributed by atoms with Crippen LogP contribution < -0.4 is 4.90 Å². The average molecular weight is 815 g/mol. The van der Waals surface area contributed by atoms with E-state index in [1.807, 2.05) is 0 Å². The zero-order valence-corrected chi connectivity index (χ0v) is 35.1. The van der Waals surface area contributed by atoms with Crippen molar-refractivity contribution in [3.63, 3.8) is 0 Å². The molecule has 1 heterocycles. The van der Waals surface area contributed by atoms with Crippen molar-refractivity contribution in [2.24, 2.45) is 0 Å². The Balaban J connectivity index is 1.00. The van der Waals surface area contributed by atoms with Gasteiger partial charge in [-0.1, -0.05) is 194 Å². The van der Waals surface area contributed by atoms with Gasteiger partial charge in [0.2, 0.25) is 0 Å². The largest absolute Gasteiger partial charge is 0.310 e. The first kappa shape index (κ1) is 37.3. The first-order chi connectivity index (χ1) is 31.8. The minimum atomic E-state index is 1.08. The highest BCUT2D eigenvalue weighted by atomic mass is 15.1. The molecule has 0 aliphatic rings. The Morgan fingerprint density at radius 3 is 1.27 bits per heavy atom. The van der Waals surface area contributed by atoms with Crippen LogP contribution in [-0.2, 0) is 0 Å². The standard InChI is InChI=1S/C62H42N2/c1-4-18-44(19-5-1)51-24-12-15-29-58(51)63(49-37-39-50(40-38-49)64-59-30-16-13-25-52(59)53-26-14-17-31-60(53)64)48-35-32-43(33-36-48)47-34-41-56-57(42-47)62(46-22-8-3-9-23-46)55-28-11-10-27-54(55)61(56)45-20-6-2-7-21-45/h1-42H. The normalized spacial score (nSPS) is 11.4. The number of fused-ring (bicyclic) bond motifs is 5. The predicted octanol–water partition coefficient (Wildman–Crippen LogP) is 17.2. The molecule has 0 atom stereocenters. The maximum Gasteiger partial charge on any atom is 0.0541 e. The minimum Gasteiger partial charge on any atom is -0.310 e. The monoisotopic (exact) mass is 814 g/mol. The molecule has 0 spiro atoms. The molecule has 0 radical (unpaired) electrons. The average Bonchev–Trinajstić information content (AvgIpc) is 3.71. The first-order valence-corrected chi connectivity index (χ1v) is 22.0. The molecule has 0 aliphatic carbocycles. The number of benzene rings is 11. The first-order valence-electron chi connectivity index (χ1n) is 22.0. The van der Waals surface area contributed by atoms with Crippen LogP contribution in [0.3, 0.4) is 0 Å². The molecule has 300 valence electrons. The quantitative estimate of drug-likeness (QED) is 0.139. The van der Waals surface area contributed by atoms with E-state index in [2.05, 4.69) is 264 Å².